The van der Waals surface area contributed by atoms with E-state index in [2.05, 4.69) is 17.3 Å². The molecule has 17 heavy (non-hydrogen) atoms. The van der Waals surface area contributed by atoms with Crippen molar-refractivity contribution >= 4 is 0 Å². The van der Waals surface area contributed by atoms with Crippen molar-refractivity contribution in [1.82, 2.24) is 10.2 Å². The van der Waals surface area contributed by atoms with E-state index in [-0.39, 0.29) is 0 Å². The van der Waals surface area contributed by atoms with Crippen LogP contribution in [0, 0.1) is 17.8 Å². The quantitative estimate of drug-likeness (QED) is 0.803. The van der Waals surface area contributed by atoms with E-state index in [0.717, 1.165) is 37.0 Å². The molecule has 1 unspecified atom stereocenters. The Hall–Kier alpha value is -0.120. The highest BCUT2D eigenvalue weighted by molar-refractivity contribution is 4.94. The summed E-state index contributed by atoms with van der Waals surface area (Å²) < 4.78 is 5.44. The van der Waals surface area contributed by atoms with Gasteiger partial charge in [0.2, 0.25) is 0 Å². The molecule has 98 valence electrons. The van der Waals surface area contributed by atoms with Gasteiger partial charge in [0.05, 0.1) is 0 Å². The highest BCUT2D eigenvalue weighted by Gasteiger charge is 2.38. The molecule has 0 aromatic carbocycles. The van der Waals surface area contributed by atoms with Gasteiger partial charge in [0, 0.05) is 25.8 Å². The van der Waals surface area contributed by atoms with Crippen LogP contribution in [-0.4, -0.2) is 50.8 Å². The molecule has 0 aromatic heterocycles. The lowest BCUT2D eigenvalue weighted by atomic mass is 9.99. The van der Waals surface area contributed by atoms with Crippen LogP contribution >= 0.6 is 0 Å². The number of rotatable bonds is 3. The van der Waals surface area contributed by atoms with Crippen LogP contribution in [0.4, 0.5) is 0 Å². The molecule has 1 N–H and O–H groups in total. The van der Waals surface area contributed by atoms with Crippen LogP contribution in [0.3, 0.4) is 0 Å². The number of hydrogen-bond donors (Lipinski definition) is 1. The molecule has 0 spiro atoms. The van der Waals surface area contributed by atoms with Crippen LogP contribution in [0.15, 0.2) is 0 Å². The largest absolute Gasteiger partial charge is 0.381 e. The zero-order valence-electron chi connectivity index (χ0n) is 11.0. The molecule has 2 aliphatic heterocycles. The fraction of sp³-hybridized carbons (Fsp3) is 1.00. The average Bonchev–Trinajstić information content (AvgIpc) is 2.90. The van der Waals surface area contributed by atoms with E-state index in [1.165, 1.54) is 45.3 Å². The van der Waals surface area contributed by atoms with Gasteiger partial charge in [-0.1, -0.05) is 0 Å². The van der Waals surface area contributed by atoms with Gasteiger partial charge in [-0.05, 0) is 63.6 Å². The van der Waals surface area contributed by atoms with Gasteiger partial charge in [-0.3, -0.25) is 0 Å². The Morgan fingerprint density at radius 3 is 2.41 bits per heavy atom. The van der Waals surface area contributed by atoms with E-state index in [9.17, 15) is 0 Å². The van der Waals surface area contributed by atoms with Crippen LogP contribution < -0.4 is 5.32 Å². The van der Waals surface area contributed by atoms with Crippen molar-refractivity contribution in [3.05, 3.63) is 0 Å². The molecular formula is C14H26N2O. The average molecular weight is 238 g/mol. The van der Waals surface area contributed by atoms with E-state index in [0.29, 0.717) is 0 Å². The summed E-state index contributed by atoms with van der Waals surface area (Å²) in [4.78, 5) is 2.65. The zero-order chi connectivity index (χ0) is 11.7. The van der Waals surface area contributed by atoms with Crippen LogP contribution in [0.2, 0.25) is 0 Å². The summed E-state index contributed by atoms with van der Waals surface area (Å²) in [5, 5.41) is 3.53. The molecule has 0 aromatic rings. The third-order valence-electron chi connectivity index (χ3n) is 5.14. The first-order chi connectivity index (χ1) is 8.33. The molecular weight excluding hydrogens is 212 g/mol. The number of nitrogens with one attached hydrogen (secondary N) is 1. The summed E-state index contributed by atoms with van der Waals surface area (Å²) >= 11 is 0. The standard InChI is InChI=1S/C14H26N2O/c1-16(10-11-2-4-17-5-3-11)14-6-12-8-15-9-13(12)7-14/h11-15H,2-10H2,1H3/t12-,13+,14?. The van der Waals surface area contributed by atoms with Crippen molar-refractivity contribution in [3.63, 3.8) is 0 Å². The smallest absolute Gasteiger partial charge is 0.0469 e. The van der Waals surface area contributed by atoms with Crippen LogP contribution in [0.5, 0.6) is 0 Å². The van der Waals surface area contributed by atoms with Gasteiger partial charge < -0.3 is 15.0 Å². The van der Waals surface area contributed by atoms with Gasteiger partial charge in [0.25, 0.3) is 0 Å². The first-order valence-corrected chi connectivity index (χ1v) is 7.31. The number of nitrogens with zero attached hydrogens (tertiary/aromatic N) is 1. The van der Waals surface area contributed by atoms with Gasteiger partial charge >= 0.3 is 0 Å². The fourth-order valence-electron chi connectivity index (χ4n) is 3.98. The third-order valence-corrected chi connectivity index (χ3v) is 5.14. The van der Waals surface area contributed by atoms with Crippen molar-refractivity contribution in [2.24, 2.45) is 17.8 Å². The topological polar surface area (TPSA) is 24.5 Å². The number of fused-ring (bicyclic) bond motifs is 1. The molecule has 0 amide bonds. The van der Waals surface area contributed by atoms with Gasteiger partial charge in [-0.2, -0.15) is 0 Å². The van der Waals surface area contributed by atoms with E-state index >= 15 is 0 Å². The molecule has 0 radical (unpaired) electrons. The van der Waals surface area contributed by atoms with Crippen LogP contribution in [0.25, 0.3) is 0 Å². The van der Waals surface area contributed by atoms with E-state index < -0.39 is 0 Å². The van der Waals surface area contributed by atoms with Crippen molar-refractivity contribution < 1.29 is 4.74 Å². The fourth-order valence-corrected chi connectivity index (χ4v) is 3.98. The molecule has 1 saturated carbocycles. The van der Waals surface area contributed by atoms with Gasteiger partial charge in [-0.25, -0.2) is 0 Å². The molecule has 3 aliphatic rings. The SMILES string of the molecule is CN(CC1CCOCC1)C1C[C@H]2CNC[C@H]2C1. The predicted octanol–water partition coefficient (Wildman–Crippen LogP) is 1.34. The van der Waals surface area contributed by atoms with Crippen molar-refractivity contribution in [2.45, 2.75) is 31.7 Å². The maximum Gasteiger partial charge on any atom is 0.0469 e. The molecule has 3 atom stereocenters. The molecule has 2 saturated heterocycles. The highest BCUT2D eigenvalue weighted by Crippen LogP contribution is 2.37. The highest BCUT2D eigenvalue weighted by atomic mass is 16.5. The van der Waals surface area contributed by atoms with Crippen LogP contribution in [-0.2, 0) is 4.74 Å². The lowest BCUT2D eigenvalue weighted by molar-refractivity contribution is 0.0502. The van der Waals surface area contributed by atoms with Gasteiger partial charge in [0.1, 0.15) is 0 Å². The Bertz CT molecular complexity index is 241. The summed E-state index contributed by atoms with van der Waals surface area (Å²) in [6.45, 7) is 5.80. The Balaban J connectivity index is 1.47. The van der Waals surface area contributed by atoms with Gasteiger partial charge in [0.15, 0.2) is 0 Å². The predicted molar refractivity (Wildman–Crippen MR) is 69.0 cm³/mol. The van der Waals surface area contributed by atoms with Crippen molar-refractivity contribution in [1.29, 1.82) is 0 Å². The lowest BCUT2D eigenvalue weighted by Crippen LogP contribution is -2.36. The molecule has 0 bridgehead atoms. The number of ether oxygens (including phenoxy) is 1. The summed E-state index contributed by atoms with van der Waals surface area (Å²) in [6, 6.07) is 0.856. The summed E-state index contributed by atoms with van der Waals surface area (Å²) in [7, 11) is 2.34. The normalized spacial score (nSPS) is 38.8. The van der Waals surface area contributed by atoms with E-state index in [4.69, 9.17) is 4.74 Å². The number of hydrogen-bond acceptors (Lipinski definition) is 3. The summed E-state index contributed by atoms with van der Waals surface area (Å²) in [6.07, 6.45) is 5.39. The minimum Gasteiger partial charge on any atom is -0.381 e. The van der Waals surface area contributed by atoms with Crippen LogP contribution in [0.1, 0.15) is 25.7 Å². The van der Waals surface area contributed by atoms with Crippen molar-refractivity contribution in [2.75, 3.05) is 39.9 Å². The molecule has 3 heteroatoms. The second-order valence-electron chi connectivity index (χ2n) is 6.30. The van der Waals surface area contributed by atoms with Gasteiger partial charge in [-0.15, -0.1) is 0 Å². The Labute approximate surface area is 105 Å². The minimum absolute atomic E-state index is 0.856. The monoisotopic (exact) mass is 238 g/mol. The Morgan fingerprint density at radius 1 is 1.12 bits per heavy atom. The van der Waals surface area contributed by atoms with Crippen molar-refractivity contribution in [3.8, 4) is 0 Å². The molecule has 3 rings (SSSR count). The lowest BCUT2D eigenvalue weighted by Gasteiger charge is -2.31. The second kappa shape index (κ2) is 5.25. The maximum absolute atomic E-state index is 5.44. The van der Waals surface area contributed by atoms with E-state index in [1.807, 2.05) is 0 Å². The maximum atomic E-state index is 5.44. The Kier molecular flexibility index (Phi) is 3.69. The molecule has 2 heterocycles. The molecule has 3 nitrogen and oxygen atoms in total. The molecule has 1 aliphatic carbocycles. The first kappa shape index (κ1) is 11.9. The summed E-state index contributed by atoms with van der Waals surface area (Å²) in [5.74, 6) is 2.82. The Morgan fingerprint density at radius 2 is 1.76 bits per heavy atom. The minimum atomic E-state index is 0.856. The molecule has 3 fully saturated rings. The second-order valence-corrected chi connectivity index (χ2v) is 6.30. The third kappa shape index (κ3) is 2.67. The summed E-state index contributed by atoms with van der Waals surface area (Å²) in [5.41, 5.74) is 0. The zero-order valence-corrected chi connectivity index (χ0v) is 11.0. The van der Waals surface area contributed by atoms with E-state index in [1.54, 1.807) is 0 Å². The first-order valence-electron chi connectivity index (χ1n) is 7.31.